The minimum Gasteiger partial charge on any atom is -0.348 e. The fourth-order valence-electron chi connectivity index (χ4n) is 2.37. The third kappa shape index (κ3) is 5.22. The molecular formula is C20H20ClN5OS. The van der Waals surface area contributed by atoms with E-state index in [0.717, 1.165) is 16.0 Å². The Kier molecular flexibility index (Phi) is 6.86. The van der Waals surface area contributed by atoms with Gasteiger partial charge in [-0.15, -0.1) is 0 Å². The number of halogens is 1. The third-order valence-corrected chi connectivity index (χ3v) is 5.06. The molecule has 1 atom stereocenters. The van der Waals surface area contributed by atoms with Crippen LogP contribution in [0.4, 0.5) is 5.69 Å². The maximum atomic E-state index is 12.3. The standard InChI is InChI=1S/C20H20ClN5OS/c1-13(9-22)25-20(27)16-7-14(10-23-11-16)15-8-18(19(21)24-12-15)26-28-17-5-3-2-4-6-17/h2-8,10-13,26H,9,22H2,1H3,(H,25,27)/t13-/m1/s1. The number of carbonyl (C=O) groups excluding carboxylic acids is 1. The van der Waals surface area contributed by atoms with Crippen LogP contribution in [0.25, 0.3) is 11.1 Å². The maximum Gasteiger partial charge on any atom is 0.253 e. The van der Waals surface area contributed by atoms with Gasteiger partial charge in [0.1, 0.15) is 0 Å². The van der Waals surface area contributed by atoms with E-state index >= 15 is 0 Å². The van der Waals surface area contributed by atoms with Crippen molar-refractivity contribution in [2.75, 3.05) is 11.3 Å². The Hall–Kier alpha value is -2.61. The maximum absolute atomic E-state index is 12.3. The first kappa shape index (κ1) is 20.1. The van der Waals surface area contributed by atoms with Gasteiger partial charge in [-0.3, -0.25) is 9.78 Å². The van der Waals surface area contributed by atoms with Gasteiger partial charge in [-0.25, -0.2) is 4.98 Å². The zero-order valence-corrected chi connectivity index (χ0v) is 16.8. The molecule has 2 heterocycles. The minimum atomic E-state index is -0.216. The first-order chi connectivity index (χ1) is 13.6. The number of pyridine rings is 2. The van der Waals surface area contributed by atoms with Gasteiger partial charge < -0.3 is 15.8 Å². The summed E-state index contributed by atoms with van der Waals surface area (Å²) in [6.07, 6.45) is 4.86. The lowest BCUT2D eigenvalue weighted by molar-refractivity contribution is 0.0941. The second-order valence-electron chi connectivity index (χ2n) is 6.15. The lowest BCUT2D eigenvalue weighted by Crippen LogP contribution is -2.37. The predicted molar refractivity (Wildman–Crippen MR) is 114 cm³/mol. The summed E-state index contributed by atoms with van der Waals surface area (Å²) < 4.78 is 3.22. The van der Waals surface area contributed by atoms with E-state index in [1.807, 2.05) is 43.3 Å². The van der Waals surface area contributed by atoms with Crippen molar-refractivity contribution in [3.8, 4) is 11.1 Å². The number of benzene rings is 1. The summed E-state index contributed by atoms with van der Waals surface area (Å²) in [5, 5.41) is 3.19. The summed E-state index contributed by atoms with van der Waals surface area (Å²) in [6.45, 7) is 2.22. The summed E-state index contributed by atoms with van der Waals surface area (Å²) in [7, 11) is 0. The van der Waals surface area contributed by atoms with Crippen molar-refractivity contribution >= 4 is 35.1 Å². The van der Waals surface area contributed by atoms with Crippen molar-refractivity contribution in [1.29, 1.82) is 0 Å². The molecule has 3 aromatic rings. The highest BCUT2D eigenvalue weighted by Crippen LogP contribution is 2.30. The number of carbonyl (C=O) groups is 1. The molecule has 2 aromatic heterocycles. The molecule has 0 radical (unpaired) electrons. The van der Waals surface area contributed by atoms with Crippen LogP contribution in [0, 0.1) is 0 Å². The van der Waals surface area contributed by atoms with Gasteiger partial charge in [0.2, 0.25) is 0 Å². The second kappa shape index (κ2) is 9.54. The molecule has 1 amide bonds. The van der Waals surface area contributed by atoms with Crippen LogP contribution in [-0.2, 0) is 0 Å². The lowest BCUT2D eigenvalue weighted by atomic mass is 10.1. The van der Waals surface area contributed by atoms with Crippen molar-refractivity contribution in [3.05, 3.63) is 71.8 Å². The van der Waals surface area contributed by atoms with Crippen molar-refractivity contribution in [2.45, 2.75) is 17.9 Å². The van der Waals surface area contributed by atoms with Crippen LogP contribution in [0.3, 0.4) is 0 Å². The molecule has 144 valence electrons. The summed E-state index contributed by atoms with van der Waals surface area (Å²) in [5.74, 6) is -0.216. The summed E-state index contributed by atoms with van der Waals surface area (Å²) in [5.41, 5.74) is 8.27. The van der Waals surface area contributed by atoms with Gasteiger partial charge in [-0.2, -0.15) is 0 Å². The van der Waals surface area contributed by atoms with Gasteiger partial charge >= 0.3 is 0 Å². The minimum absolute atomic E-state index is 0.112. The molecule has 0 aliphatic heterocycles. The largest absolute Gasteiger partial charge is 0.348 e. The second-order valence-corrected chi connectivity index (χ2v) is 7.39. The first-order valence-corrected chi connectivity index (χ1v) is 9.86. The zero-order chi connectivity index (χ0) is 19.9. The average molecular weight is 414 g/mol. The number of amides is 1. The lowest BCUT2D eigenvalue weighted by Gasteiger charge is -2.12. The van der Waals surface area contributed by atoms with E-state index in [4.69, 9.17) is 17.3 Å². The normalized spacial score (nSPS) is 11.7. The van der Waals surface area contributed by atoms with Gasteiger partial charge in [0.15, 0.2) is 5.15 Å². The third-order valence-electron chi connectivity index (χ3n) is 3.93. The average Bonchev–Trinajstić information content (AvgIpc) is 2.74. The molecule has 0 bridgehead atoms. The van der Waals surface area contributed by atoms with Crippen LogP contribution in [0.2, 0.25) is 5.15 Å². The van der Waals surface area contributed by atoms with Crippen molar-refractivity contribution in [1.82, 2.24) is 15.3 Å². The first-order valence-electron chi connectivity index (χ1n) is 8.66. The predicted octanol–water partition coefficient (Wildman–Crippen LogP) is 3.99. The quantitative estimate of drug-likeness (QED) is 0.400. The molecule has 6 nitrogen and oxygen atoms in total. The molecule has 0 fully saturated rings. The van der Waals surface area contributed by atoms with Gasteiger partial charge in [0.05, 0.1) is 11.3 Å². The van der Waals surface area contributed by atoms with Crippen LogP contribution in [-0.4, -0.2) is 28.5 Å². The Morgan fingerprint density at radius 3 is 2.68 bits per heavy atom. The molecule has 3 rings (SSSR count). The van der Waals surface area contributed by atoms with Crippen molar-refractivity contribution < 1.29 is 4.79 Å². The molecule has 0 aliphatic carbocycles. The Labute approximate surface area is 173 Å². The van der Waals surface area contributed by atoms with Crippen molar-refractivity contribution in [2.24, 2.45) is 5.73 Å². The Morgan fingerprint density at radius 2 is 1.93 bits per heavy atom. The molecule has 0 saturated carbocycles. The SMILES string of the molecule is C[C@H](CN)NC(=O)c1cncc(-c2cnc(Cl)c(NSc3ccccc3)c2)c1. The number of hydrogen-bond donors (Lipinski definition) is 3. The molecule has 0 saturated heterocycles. The molecular weight excluding hydrogens is 394 g/mol. The monoisotopic (exact) mass is 413 g/mol. The number of nitrogens with zero attached hydrogens (tertiary/aromatic N) is 2. The fraction of sp³-hybridized carbons (Fsp3) is 0.150. The Bertz CT molecular complexity index is 954. The van der Waals surface area contributed by atoms with Gasteiger partial charge in [0.25, 0.3) is 5.91 Å². The molecule has 0 spiro atoms. The molecule has 0 aliphatic rings. The number of rotatable bonds is 7. The highest BCUT2D eigenvalue weighted by Gasteiger charge is 2.12. The Morgan fingerprint density at radius 1 is 1.18 bits per heavy atom. The smallest absolute Gasteiger partial charge is 0.253 e. The zero-order valence-electron chi connectivity index (χ0n) is 15.2. The summed E-state index contributed by atoms with van der Waals surface area (Å²) >= 11 is 7.67. The number of nitrogens with one attached hydrogen (secondary N) is 2. The highest BCUT2D eigenvalue weighted by molar-refractivity contribution is 8.00. The number of aromatic nitrogens is 2. The summed E-state index contributed by atoms with van der Waals surface area (Å²) in [4.78, 5) is 21.8. The molecule has 28 heavy (non-hydrogen) atoms. The van der Waals surface area contributed by atoms with Crippen LogP contribution in [0.1, 0.15) is 17.3 Å². The van der Waals surface area contributed by atoms with E-state index < -0.39 is 0 Å². The van der Waals surface area contributed by atoms with Crippen LogP contribution >= 0.6 is 23.5 Å². The summed E-state index contributed by atoms with van der Waals surface area (Å²) in [6, 6.07) is 13.4. The van der Waals surface area contributed by atoms with Gasteiger partial charge in [-0.1, -0.05) is 29.8 Å². The molecule has 8 heteroatoms. The Balaban J connectivity index is 1.80. The number of nitrogens with two attached hydrogens (primary N) is 1. The number of anilines is 1. The van der Waals surface area contributed by atoms with E-state index in [9.17, 15) is 4.79 Å². The highest BCUT2D eigenvalue weighted by atomic mass is 35.5. The van der Waals surface area contributed by atoms with Crippen molar-refractivity contribution in [3.63, 3.8) is 0 Å². The topological polar surface area (TPSA) is 92.9 Å². The molecule has 4 N–H and O–H groups in total. The van der Waals surface area contributed by atoms with E-state index in [0.29, 0.717) is 22.9 Å². The van der Waals surface area contributed by atoms with E-state index in [2.05, 4.69) is 20.0 Å². The van der Waals surface area contributed by atoms with E-state index in [-0.39, 0.29) is 11.9 Å². The van der Waals surface area contributed by atoms with Gasteiger partial charge in [0, 0.05) is 47.2 Å². The van der Waals surface area contributed by atoms with Crippen LogP contribution in [0.5, 0.6) is 0 Å². The molecule has 1 aromatic carbocycles. The van der Waals surface area contributed by atoms with Gasteiger partial charge in [-0.05, 0) is 43.1 Å². The molecule has 0 unspecified atom stereocenters. The van der Waals surface area contributed by atoms with Crippen LogP contribution < -0.4 is 15.8 Å². The number of hydrogen-bond acceptors (Lipinski definition) is 6. The van der Waals surface area contributed by atoms with Crippen LogP contribution in [0.15, 0.2) is 66.0 Å². The fourth-order valence-corrected chi connectivity index (χ4v) is 3.25. The van der Waals surface area contributed by atoms with E-state index in [1.165, 1.54) is 18.1 Å². The van der Waals surface area contributed by atoms with E-state index in [1.54, 1.807) is 18.5 Å².